The van der Waals surface area contributed by atoms with Crippen molar-refractivity contribution in [3.05, 3.63) is 54.1 Å². The Morgan fingerprint density at radius 3 is 2.29 bits per heavy atom. The van der Waals surface area contributed by atoms with Gasteiger partial charge in [-0.2, -0.15) is 0 Å². The Bertz CT molecular complexity index is 485. The Kier molecular flexibility index (Phi) is 3.48. The maximum absolute atomic E-state index is 9.33. The smallest absolute Gasteiger partial charge is 0.115 e. The molecule has 2 rings (SSSR count). The summed E-state index contributed by atoms with van der Waals surface area (Å²) in [6.45, 7) is 4.46. The van der Waals surface area contributed by atoms with Gasteiger partial charge >= 0.3 is 0 Å². The summed E-state index contributed by atoms with van der Waals surface area (Å²) in [4.78, 5) is 0. The van der Waals surface area contributed by atoms with Crippen molar-refractivity contribution in [2.45, 2.75) is 26.2 Å². The highest BCUT2D eigenvalue weighted by molar-refractivity contribution is 5.68. The summed E-state index contributed by atoms with van der Waals surface area (Å²) in [5.41, 5.74) is 3.81. The Morgan fingerprint density at radius 2 is 1.65 bits per heavy atom. The summed E-state index contributed by atoms with van der Waals surface area (Å²) in [6, 6.07) is 15.9. The van der Waals surface area contributed by atoms with Gasteiger partial charge in [0.2, 0.25) is 0 Å². The van der Waals surface area contributed by atoms with Crippen LogP contribution in [-0.2, 0) is 0 Å². The maximum Gasteiger partial charge on any atom is 0.115 e. The van der Waals surface area contributed by atoms with E-state index in [2.05, 4.69) is 38.1 Å². The lowest BCUT2D eigenvalue weighted by Crippen LogP contribution is -1.94. The molecular formula is C16H18O. The maximum atomic E-state index is 9.33. The first-order chi connectivity index (χ1) is 8.22. The molecule has 2 aromatic carbocycles. The van der Waals surface area contributed by atoms with Crippen molar-refractivity contribution in [3.63, 3.8) is 0 Å². The molecule has 0 aromatic heterocycles. The monoisotopic (exact) mass is 226 g/mol. The summed E-state index contributed by atoms with van der Waals surface area (Å²) < 4.78 is 0. The topological polar surface area (TPSA) is 20.2 Å². The molecular weight excluding hydrogens is 208 g/mol. The average Bonchev–Trinajstić information content (AvgIpc) is 2.39. The lowest BCUT2D eigenvalue weighted by atomic mass is 9.90. The fraction of sp³-hybridized carbons (Fsp3) is 0.250. The molecule has 0 bridgehead atoms. The molecule has 1 heteroatoms. The van der Waals surface area contributed by atoms with E-state index in [9.17, 15) is 5.11 Å². The van der Waals surface area contributed by atoms with E-state index in [-0.39, 0.29) is 0 Å². The van der Waals surface area contributed by atoms with Gasteiger partial charge in [-0.05, 0) is 41.2 Å². The molecule has 0 aliphatic carbocycles. The van der Waals surface area contributed by atoms with Gasteiger partial charge in [-0.1, -0.05) is 50.2 Å². The zero-order valence-electron chi connectivity index (χ0n) is 10.4. The van der Waals surface area contributed by atoms with Crippen LogP contribution >= 0.6 is 0 Å². The number of hydrogen-bond donors (Lipinski definition) is 1. The van der Waals surface area contributed by atoms with Crippen LogP contribution in [0.25, 0.3) is 11.1 Å². The van der Waals surface area contributed by atoms with Gasteiger partial charge in [0.05, 0.1) is 0 Å². The van der Waals surface area contributed by atoms with Crippen LogP contribution in [-0.4, -0.2) is 5.11 Å². The van der Waals surface area contributed by atoms with Crippen LogP contribution in [0.4, 0.5) is 0 Å². The summed E-state index contributed by atoms with van der Waals surface area (Å²) in [5.74, 6) is 0.870. The van der Waals surface area contributed by atoms with Gasteiger partial charge in [0, 0.05) is 0 Å². The van der Waals surface area contributed by atoms with Crippen LogP contribution in [0.5, 0.6) is 5.75 Å². The number of phenols is 1. The molecule has 0 aliphatic rings. The molecule has 0 saturated heterocycles. The minimum absolute atomic E-state index is 0.315. The molecule has 0 aliphatic heterocycles. The summed E-state index contributed by atoms with van der Waals surface area (Å²) in [7, 11) is 0. The first-order valence-electron chi connectivity index (χ1n) is 6.10. The summed E-state index contributed by atoms with van der Waals surface area (Å²) in [5, 5.41) is 9.33. The zero-order valence-corrected chi connectivity index (χ0v) is 10.4. The van der Waals surface area contributed by atoms with Crippen LogP contribution in [0.1, 0.15) is 31.7 Å². The second-order valence-electron chi connectivity index (χ2n) is 4.44. The number of phenolic OH excluding ortho intramolecular Hbond substituents is 1. The molecule has 1 unspecified atom stereocenters. The van der Waals surface area contributed by atoms with Crippen molar-refractivity contribution in [1.82, 2.24) is 0 Å². The fourth-order valence-electron chi connectivity index (χ4n) is 2.05. The standard InChI is InChI=1S/C16H18O/c1-3-12(2)15-6-4-5-7-16(15)13-8-10-14(17)11-9-13/h4-12,17H,3H2,1-2H3. The van der Waals surface area contributed by atoms with Gasteiger partial charge in [0.25, 0.3) is 0 Å². The van der Waals surface area contributed by atoms with Gasteiger partial charge in [-0.3, -0.25) is 0 Å². The second-order valence-corrected chi connectivity index (χ2v) is 4.44. The average molecular weight is 226 g/mol. The predicted molar refractivity (Wildman–Crippen MR) is 72.2 cm³/mol. The first-order valence-corrected chi connectivity index (χ1v) is 6.10. The third-order valence-electron chi connectivity index (χ3n) is 3.28. The highest BCUT2D eigenvalue weighted by Gasteiger charge is 2.09. The second kappa shape index (κ2) is 5.05. The Morgan fingerprint density at radius 1 is 1.00 bits per heavy atom. The van der Waals surface area contributed by atoms with Crippen molar-refractivity contribution < 1.29 is 5.11 Å². The molecule has 88 valence electrons. The number of benzene rings is 2. The van der Waals surface area contributed by atoms with E-state index < -0.39 is 0 Å². The van der Waals surface area contributed by atoms with Crippen molar-refractivity contribution in [2.24, 2.45) is 0 Å². The van der Waals surface area contributed by atoms with Crippen LogP contribution < -0.4 is 0 Å². The number of aromatic hydroxyl groups is 1. The molecule has 0 fully saturated rings. The van der Waals surface area contributed by atoms with Crippen molar-refractivity contribution in [2.75, 3.05) is 0 Å². The Labute approximate surface area is 103 Å². The van der Waals surface area contributed by atoms with Crippen molar-refractivity contribution in [3.8, 4) is 16.9 Å². The van der Waals surface area contributed by atoms with Crippen molar-refractivity contribution >= 4 is 0 Å². The predicted octanol–water partition coefficient (Wildman–Crippen LogP) is 4.57. The van der Waals surface area contributed by atoms with E-state index >= 15 is 0 Å². The van der Waals surface area contributed by atoms with E-state index in [1.54, 1.807) is 12.1 Å². The fourth-order valence-corrected chi connectivity index (χ4v) is 2.05. The first kappa shape index (κ1) is 11.7. The van der Waals surface area contributed by atoms with Gasteiger partial charge < -0.3 is 5.11 Å². The molecule has 1 N–H and O–H groups in total. The normalized spacial score (nSPS) is 12.4. The summed E-state index contributed by atoms with van der Waals surface area (Å²) in [6.07, 6.45) is 1.13. The zero-order chi connectivity index (χ0) is 12.3. The molecule has 1 atom stereocenters. The molecule has 17 heavy (non-hydrogen) atoms. The van der Waals surface area contributed by atoms with E-state index in [0.29, 0.717) is 11.7 Å². The van der Waals surface area contributed by atoms with Gasteiger partial charge in [0.15, 0.2) is 0 Å². The third-order valence-corrected chi connectivity index (χ3v) is 3.28. The highest BCUT2D eigenvalue weighted by Crippen LogP contribution is 2.31. The van der Waals surface area contributed by atoms with E-state index in [1.807, 2.05) is 12.1 Å². The molecule has 0 spiro atoms. The van der Waals surface area contributed by atoms with Gasteiger partial charge in [0.1, 0.15) is 5.75 Å². The lowest BCUT2D eigenvalue weighted by molar-refractivity contribution is 0.475. The lowest BCUT2D eigenvalue weighted by Gasteiger charge is -2.15. The van der Waals surface area contributed by atoms with E-state index in [0.717, 1.165) is 6.42 Å². The quantitative estimate of drug-likeness (QED) is 0.812. The minimum atomic E-state index is 0.315. The van der Waals surface area contributed by atoms with Gasteiger partial charge in [-0.15, -0.1) is 0 Å². The van der Waals surface area contributed by atoms with Crippen molar-refractivity contribution in [1.29, 1.82) is 0 Å². The minimum Gasteiger partial charge on any atom is -0.508 e. The van der Waals surface area contributed by atoms with Crippen LogP contribution in [0.15, 0.2) is 48.5 Å². The SMILES string of the molecule is CCC(C)c1ccccc1-c1ccc(O)cc1. The van der Waals surface area contributed by atoms with Gasteiger partial charge in [-0.25, -0.2) is 0 Å². The molecule has 2 aromatic rings. The molecule has 0 heterocycles. The third kappa shape index (κ3) is 2.50. The van der Waals surface area contributed by atoms with E-state index in [4.69, 9.17) is 0 Å². The Balaban J connectivity index is 2.48. The summed E-state index contributed by atoms with van der Waals surface area (Å²) >= 11 is 0. The molecule has 0 saturated carbocycles. The van der Waals surface area contributed by atoms with Crippen LogP contribution in [0, 0.1) is 0 Å². The largest absolute Gasteiger partial charge is 0.508 e. The molecule has 0 amide bonds. The van der Waals surface area contributed by atoms with E-state index in [1.165, 1.54) is 16.7 Å². The van der Waals surface area contributed by atoms with Crippen LogP contribution in [0.3, 0.4) is 0 Å². The number of rotatable bonds is 3. The number of hydrogen-bond acceptors (Lipinski definition) is 1. The highest BCUT2D eigenvalue weighted by atomic mass is 16.3. The molecule has 1 nitrogen and oxygen atoms in total. The Hall–Kier alpha value is -1.76. The van der Waals surface area contributed by atoms with Crippen LogP contribution in [0.2, 0.25) is 0 Å². The molecule has 0 radical (unpaired) electrons.